The maximum atomic E-state index is 3.48. The van der Waals surface area contributed by atoms with Crippen molar-refractivity contribution in [3.63, 3.8) is 0 Å². The highest BCUT2D eigenvalue weighted by Gasteiger charge is 1.99. The quantitative estimate of drug-likeness (QED) is 0.866. The molecule has 2 nitrogen and oxygen atoms in total. The SMILES string of the molecule is CN(CCNc1cccc(Br)c1)Cc1ccccc1. The second-order valence-electron chi connectivity index (χ2n) is 4.66. The largest absolute Gasteiger partial charge is 0.384 e. The molecule has 2 aromatic rings. The Kier molecular flexibility index (Phi) is 5.43. The zero-order valence-corrected chi connectivity index (χ0v) is 12.7. The Labute approximate surface area is 123 Å². The normalized spacial score (nSPS) is 10.7. The first-order chi connectivity index (χ1) is 9.24. The van der Waals surface area contributed by atoms with Crippen LogP contribution in [0.4, 0.5) is 5.69 Å². The summed E-state index contributed by atoms with van der Waals surface area (Å²) in [6.45, 7) is 2.95. The Balaban J connectivity index is 1.73. The standard InChI is InChI=1S/C16H19BrN2/c1-19(13-14-6-3-2-4-7-14)11-10-18-16-9-5-8-15(17)12-16/h2-9,12,18H,10-11,13H2,1H3. The molecule has 0 unspecified atom stereocenters. The van der Waals surface area contributed by atoms with Crippen LogP contribution in [-0.4, -0.2) is 25.0 Å². The minimum absolute atomic E-state index is 0.944. The first-order valence-corrected chi connectivity index (χ1v) is 7.25. The third kappa shape index (κ3) is 5.05. The molecule has 2 aromatic carbocycles. The van der Waals surface area contributed by atoms with Crippen molar-refractivity contribution in [1.82, 2.24) is 4.90 Å². The van der Waals surface area contributed by atoms with Crippen molar-refractivity contribution in [3.8, 4) is 0 Å². The molecule has 0 spiro atoms. The Morgan fingerprint density at radius 1 is 1.05 bits per heavy atom. The molecule has 100 valence electrons. The van der Waals surface area contributed by atoms with Crippen LogP contribution in [0, 0.1) is 0 Å². The third-order valence-corrected chi connectivity index (χ3v) is 3.44. The number of hydrogen-bond donors (Lipinski definition) is 1. The summed E-state index contributed by atoms with van der Waals surface area (Å²) in [6.07, 6.45) is 0. The number of hydrogen-bond acceptors (Lipinski definition) is 2. The summed E-state index contributed by atoms with van der Waals surface area (Å²) in [4.78, 5) is 2.32. The van der Waals surface area contributed by atoms with Crippen LogP contribution in [-0.2, 0) is 6.54 Å². The van der Waals surface area contributed by atoms with Gasteiger partial charge in [0.05, 0.1) is 0 Å². The van der Waals surface area contributed by atoms with E-state index < -0.39 is 0 Å². The molecular weight excluding hydrogens is 300 g/mol. The molecule has 2 rings (SSSR count). The van der Waals surface area contributed by atoms with E-state index in [1.54, 1.807) is 0 Å². The molecule has 0 amide bonds. The number of likely N-dealkylation sites (N-methyl/N-ethyl adjacent to an activating group) is 1. The maximum absolute atomic E-state index is 3.48. The molecule has 0 saturated heterocycles. The molecule has 0 aliphatic heterocycles. The smallest absolute Gasteiger partial charge is 0.0351 e. The van der Waals surface area contributed by atoms with Crippen LogP contribution < -0.4 is 5.32 Å². The van der Waals surface area contributed by atoms with Gasteiger partial charge >= 0.3 is 0 Å². The average molecular weight is 319 g/mol. The minimum Gasteiger partial charge on any atom is -0.384 e. The van der Waals surface area contributed by atoms with Gasteiger partial charge in [0.15, 0.2) is 0 Å². The van der Waals surface area contributed by atoms with Crippen molar-refractivity contribution in [3.05, 3.63) is 64.6 Å². The molecule has 1 N–H and O–H groups in total. The van der Waals surface area contributed by atoms with E-state index in [4.69, 9.17) is 0 Å². The van der Waals surface area contributed by atoms with Gasteiger partial charge in [-0.3, -0.25) is 0 Å². The predicted octanol–water partition coefficient (Wildman–Crippen LogP) is 3.99. The van der Waals surface area contributed by atoms with Crippen LogP contribution in [0.2, 0.25) is 0 Å². The minimum atomic E-state index is 0.944. The number of benzene rings is 2. The monoisotopic (exact) mass is 318 g/mol. The zero-order valence-electron chi connectivity index (χ0n) is 11.1. The Hall–Kier alpha value is -1.32. The lowest BCUT2D eigenvalue weighted by Gasteiger charge is -2.17. The van der Waals surface area contributed by atoms with Crippen LogP contribution in [0.5, 0.6) is 0 Å². The highest BCUT2D eigenvalue weighted by atomic mass is 79.9. The van der Waals surface area contributed by atoms with Gasteiger partial charge in [-0.2, -0.15) is 0 Å². The van der Waals surface area contributed by atoms with E-state index in [0.717, 1.165) is 29.8 Å². The van der Waals surface area contributed by atoms with E-state index >= 15 is 0 Å². The summed E-state index contributed by atoms with van der Waals surface area (Å²) in [6, 6.07) is 18.8. The number of anilines is 1. The predicted molar refractivity (Wildman–Crippen MR) is 85.4 cm³/mol. The summed E-state index contributed by atoms with van der Waals surface area (Å²) in [5.74, 6) is 0. The van der Waals surface area contributed by atoms with Crippen molar-refractivity contribution in [2.45, 2.75) is 6.54 Å². The van der Waals surface area contributed by atoms with Crippen LogP contribution in [0.15, 0.2) is 59.1 Å². The van der Waals surface area contributed by atoms with Crippen molar-refractivity contribution >= 4 is 21.6 Å². The lowest BCUT2D eigenvalue weighted by molar-refractivity contribution is 0.340. The van der Waals surface area contributed by atoms with E-state index in [2.05, 4.69) is 75.7 Å². The van der Waals surface area contributed by atoms with Gasteiger partial charge in [-0.1, -0.05) is 52.3 Å². The summed E-state index contributed by atoms with van der Waals surface area (Å²) in [5, 5.41) is 3.43. The third-order valence-electron chi connectivity index (χ3n) is 2.94. The van der Waals surface area contributed by atoms with Crippen LogP contribution in [0.25, 0.3) is 0 Å². The summed E-state index contributed by atoms with van der Waals surface area (Å²) < 4.78 is 1.11. The highest BCUT2D eigenvalue weighted by molar-refractivity contribution is 9.10. The highest BCUT2D eigenvalue weighted by Crippen LogP contribution is 2.15. The topological polar surface area (TPSA) is 15.3 Å². The van der Waals surface area contributed by atoms with E-state index in [1.165, 1.54) is 5.56 Å². The molecule has 0 atom stereocenters. The molecule has 3 heteroatoms. The zero-order chi connectivity index (χ0) is 13.5. The second-order valence-corrected chi connectivity index (χ2v) is 5.58. The Morgan fingerprint density at radius 3 is 2.58 bits per heavy atom. The van der Waals surface area contributed by atoms with Gasteiger partial charge in [-0.15, -0.1) is 0 Å². The molecule has 0 radical (unpaired) electrons. The van der Waals surface area contributed by atoms with Crippen LogP contribution in [0.1, 0.15) is 5.56 Å². The molecule has 0 aliphatic carbocycles. The number of halogens is 1. The van der Waals surface area contributed by atoms with Gasteiger partial charge in [-0.25, -0.2) is 0 Å². The van der Waals surface area contributed by atoms with Gasteiger partial charge < -0.3 is 10.2 Å². The van der Waals surface area contributed by atoms with Crippen LogP contribution in [0.3, 0.4) is 0 Å². The second kappa shape index (κ2) is 7.31. The molecule has 0 saturated carbocycles. The van der Waals surface area contributed by atoms with E-state index in [9.17, 15) is 0 Å². The lowest BCUT2D eigenvalue weighted by Crippen LogP contribution is -2.24. The number of nitrogens with zero attached hydrogens (tertiary/aromatic N) is 1. The first-order valence-electron chi connectivity index (χ1n) is 6.46. The molecule has 0 bridgehead atoms. The molecule has 0 aromatic heterocycles. The molecule has 19 heavy (non-hydrogen) atoms. The van der Waals surface area contributed by atoms with Gasteiger partial charge in [0.1, 0.15) is 0 Å². The van der Waals surface area contributed by atoms with Crippen molar-refractivity contribution < 1.29 is 0 Å². The van der Waals surface area contributed by atoms with Gasteiger partial charge in [0, 0.05) is 29.8 Å². The average Bonchev–Trinajstić information content (AvgIpc) is 2.40. The van der Waals surface area contributed by atoms with Crippen LogP contribution >= 0.6 is 15.9 Å². The summed E-state index contributed by atoms with van der Waals surface area (Å²) in [5.41, 5.74) is 2.51. The lowest BCUT2D eigenvalue weighted by atomic mass is 10.2. The van der Waals surface area contributed by atoms with Gasteiger partial charge in [0.2, 0.25) is 0 Å². The van der Waals surface area contributed by atoms with Crippen molar-refractivity contribution in [1.29, 1.82) is 0 Å². The molecule has 0 heterocycles. The number of nitrogens with one attached hydrogen (secondary N) is 1. The Bertz CT molecular complexity index is 499. The van der Waals surface area contributed by atoms with Gasteiger partial charge in [-0.05, 0) is 30.8 Å². The van der Waals surface area contributed by atoms with Crippen molar-refractivity contribution in [2.75, 3.05) is 25.5 Å². The Morgan fingerprint density at radius 2 is 1.84 bits per heavy atom. The van der Waals surface area contributed by atoms with E-state index in [1.807, 2.05) is 12.1 Å². The van der Waals surface area contributed by atoms with Gasteiger partial charge in [0.25, 0.3) is 0 Å². The maximum Gasteiger partial charge on any atom is 0.0351 e. The fraction of sp³-hybridized carbons (Fsp3) is 0.250. The first kappa shape index (κ1) is 14.1. The van der Waals surface area contributed by atoms with E-state index in [0.29, 0.717) is 0 Å². The molecular formula is C16H19BrN2. The fourth-order valence-electron chi connectivity index (χ4n) is 1.96. The fourth-order valence-corrected chi connectivity index (χ4v) is 2.36. The number of rotatable bonds is 6. The molecule has 0 aliphatic rings. The molecule has 0 fully saturated rings. The van der Waals surface area contributed by atoms with Crippen molar-refractivity contribution in [2.24, 2.45) is 0 Å². The summed E-state index contributed by atoms with van der Waals surface area (Å²) >= 11 is 3.48. The summed E-state index contributed by atoms with van der Waals surface area (Å²) in [7, 11) is 2.15. The van der Waals surface area contributed by atoms with E-state index in [-0.39, 0.29) is 0 Å².